The number of nitrogens with one attached hydrogen (secondary N) is 1. The molecule has 0 bridgehead atoms. The maximum absolute atomic E-state index is 4.61. The van der Waals surface area contributed by atoms with Crippen molar-refractivity contribution in [1.29, 1.82) is 0 Å². The highest BCUT2D eigenvalue weighted by Gasteiger charge is 2.42. The van der Waals surface area contributed by atoms with Gasteiger partial charge in [0.1, 0.15) is 0 Å². The van der Waals surface area contributed by atoms with Crippen LogP contribution in [0.4, 0.5) is 0 Å². The maximum atomic E-state index is 4.61. The summed E-state index contributed by atoms with van der Waals surface area (Å²) in [6.07, 6.45) is 7.50. The summed E-state index contributed by atoms with van der Waals surface area (Å²) in [4.78, 5) is 4.61. The van der Waals surface area contributed by atoms with Gasteiger partial charge in [0.05, 0.1) is 11.7 Å². The monoisotopic (exact) mass is 278 g/mol. The third kappa shape index (κ3) is 3.01. The summed E-state index contributed by atoms with van der Waals surface area (Å²) in [5, 5.41) is 3.95. The number of rotatable bonds is 6. The van der Waals surface area contributed by atoms with Crippen molar-refractivity contribution in [2.24, 2.45) is 11.8 Å². The fourth-order valence-electron chi connectivity index (χ4n) is 3.30. The molecule has 1 N–H and O–H groups in total. The quantitative estimate of drug-likeness (QED) is 0.865. The Morgan fingerprint density at radius 2 is 1.52 bits per heavy atom. The lowest BCUT2D eigenvalue weighted by Gasteiger charge is -2.26. The normalized spacial score (nSPS) is 19.7. The molecule has 2 aromatic rings. The molecule has 0 aliphatic heterocycles. The number of nitrogens with zero attached hydrogens (tertiary/aromatic N) is 1. The molecular formula is C19H22N2. The Morgan fingerprint density at radius 3 is 2.10 bits per heavy atom. The summed E-state index contributed by atoms with van der Waals surface area (Å²) in [6.45, 7) is 0. The van der Waals surface area contributed by atoms with Gasteiger partial charge in [-0.3, -0.25) is 4.98 Å². The third-order valence-electron chi connectivity index (χ3n) is 4.74. The fourth-order valence-corrected chi connectivity index (χ4v) is 3.30. The fraction of sp³-hybridized carbons (Fsp3) is 0.421. The summed E-state index contributed by atoms with van der Waals surface area (Å²) < 4.78 is 0. The smallest absolute Gasteiger partial charge is 0.0753 e. The number of aromatic nitrogens is 1. The average Bonchev–Trinajstić information content (AvgIpc) is 3.43. The Kier molecular flexibility index (Phi) is 3.48. The highest BCUT2D eigenvalue weighted by molar-refractivity contribution is 5.28. The molecule has 1 aromatic carbocycles. The summed E-state index contributed by atoms with van der Waals surface area (Å²) >= 11 is 0. The van der Waals surface area contributed by atoms with Gasteiger partial charge in [-0.2, -0.15) is 0 Å². The van der Waals surface area contributed by atoms with Crippen LogP contribution in [0.5, 0.6) is 0 Å². The molecule has 0 amide bonds. The molecule has 1 unspecified atom stereocenters. The molecule has 2 fully saturated rings. The second-order valence-corrected chi connectivity index (χ2v) is 6.47. The summed E-state index contributed by atoms with van der Waals surface area (Å²) in [5.41, 5.74) is 2.46. The van der Waals surface area contributed by atoms with Crippen LogP contribution >= 0.6 is 0 Å². The Balaban J connectivity index is 1.63. The first-order chi connectivity index (χ1) is 10.4. The molecule has 1 aromatic heterocycles. The van der Waals surface area contributed by atoms with Crippen LogP contribution in [0.15, 0.2) is 54.7 Å². The molecule has 2 saturated carbocycles. The van der Waals surface area contributed by atoms with Crippen molar-refractivity contribution in [1.82, 2.24) is 10.3 Å². The topological polar surface area (TPSA) is 24.9 Å². The summed E-state index contributed by atoms with van der Waals surface area (Å²) in [7, 11) is 0. The zero-order chi connectivity index (χ0) is 14.1. The van der Waals surface area contributed by atoms with Crippen molar-refractivity contribution >= 4 is 0 Å². The van der Waals surface area contributed by atoms with Gasteiger partial charge in [0.15, 0.2) is 0 Å². The Bertz CT molecular complexity index is 522. The minimum atomic E-state index is 0.221. The van der Waals surface area contributed by atoms with Crippen molar-refractivity contribution in [3.63, 3.8) is 0 Å². The molecule has 2 heteroatoms. The Labute approximate surface area is 126 Å². The van der Waals surface area contributed by atoms with E-state index in [-0.39, 0.29) is 6.04 Å². The van der Waals surface area contributed by atoms with E-state index in [4.69, 9.17) is 0 Å². The van der Waals surface area contributed by atoms with Gasteiger partial charge in [-0.25, -0.2) is 0 Å². The number of pyridine rings is 1. The van der Waals surface area contributed by atoms with Crippen LogP contribution in [-0.4, -0.2) is 11.0 Å². The lowest BCUT2D eigenvalue weighted by molar-refractivity contribution is 0.385. The van der Waals surface area contributed by atoms with E-state index in [2.05, 4.69) is 52.8 Å². The van der Waals surface area contributed by atoms with E-state index < -0.39 is 0 Å². The second-order valence-electron chi connectivity index (χ2n) is 6.47. The van der Waals surface area contributed by atoms with Gasteiger partial charge in [-0.05, 0) is 55.2 Å². The maximum Gasteiger partial charge on any atom is 0.0753 e. The molecule has 2 aliphatic rings. The molecule has 0 radical (unpaired) electrons. The highest BCUT2D eigenvalue weighted by Crippen LogP contribution is 2.45. The van der Waals surface area contributed by atoms with Crippen LogP contribution in [0.2, 0.25) is 0 Å². The van der Waals surface area contributed by atoms with Crippen LogP contribution < -0.4 is 5.32 Å². The van der Waals surface area contributed by atoms with Gasteiger partial charge >= 0.3 is 0 Å². The van der Waals surface area contributed by atoms with E-state index in [0.29, 0.717) is 6.04 Å². The molecule has 1 atom stereocenters. The number of benzene rings is 1. The summed E-state index contributed by atoms with van der Waals surface area (Å²) in [5.74, 6) is 1.79. The van der Waals surface area contributed by atoms with Crippen molar-refractivity contribution in [2.45, 2.75) is 37.8 Å². The standard InChI is InChI=1S/C19H22N2/c1-2-6-14(7-3-1)19(17-8-4-5-13-20-17)21-18(15-9-10-15)16-11-12-16/h1-8,13,15-16,18-19,21H,9-12H2. The first-order valence-corrected chi connectivity index (χ1v) is 8.14. The first-order valence-electron chi connectivity index (χ1n) is 8.14. The van der Waals surface area contributed by atoms with Crippen molar-refractivity contribution < 1.29 is 0 Å². The van der Waals surface area contributed by atoms with Gasteiger partial charge in [0.25, 0.3) is 0 Å². The zero-order valence-corrected chi connectivity index (χ0v) is 12.3. The molecule has 2 aliphatic carbocycles. The van der Waals surface area contributed by atoms with Crippen molar-refractivity contribution in [3.8, 4) is 0 Å². The van der Waals surface area contributed by atoms with Crippen LogP contribution in [0.1, 0.15) is 43.0 Å². The highest BCUT2D eigenvalue weighted by atomic mass is 15.0. The van der Waals surface area contributed by atoms with Crippen molar-refractivity contribution in [2.75, 3.05) is 0 Å². The molecule has 2 nitrogen and oxygen atoms in total. The lowest BCUT2D eigenvalue weighted by atomic mass is 9.99. The van der Waals surface area contributed by atoms with Gasteiger partial charge in [-0.1, -0.05) is 36.4 Å². The van der Waals surface area contributed by atoms with E-state index in [1.54, 1.807) is 0 Å². The van der Waals surface area contributed by atoms with E-state index in [1.807, 2.05) is 12.3 Å². The molecule has 108 valence electrons. The molecule has 21 heavy (non-hydrogen) atoms. The van der Waals surface area contributed by atoms with Crippen molar-refractivity contribution in [3.05, 3.63) is 66.0 Å². The van der Waals surface area contributed by atoms with Crippen LogP contribution in [0.3, 0.4) is 0 Å². The molecular weight excluding hydrogens is 256 g/mol. The SMILES string of the molecule is c1ccc(C(NC(C2CC2)C2CC2)c2ccccn2)cc1. The van der Waals surface area contributed by atoms with Gasteiger partial charge < -0.3 is 5.32 Å². The number of hydrogen-bond donors (Lipinski definition) is 1. The zero-order valence-electron chi connectivity index (χ0n) is 12.3. The third-order valence-corrected chi connectivity index (χ3v) is 4.74. The van der Waals surface area contributed by atoms with E-state index in [9.17, 15) is 0 Å². The van der Waals surface area contributed by atoms with Gasteiger partial charge in [-0.15, -0.1) is 0 Å². The van der Waals surface area contributed by atoms with E-state index in [0.717, 1.165) is 17.5 Å². The molecule has 1 heterocycles. The van der Waals surface area contributed by atoms with E-state index >= 15 is 0 Å². The molecule has 4 rings (SSSR count). The molecule has 0 saturated heterocycles. The minimum absolute atomic E-state index is 0.221. The van der Waals surface area contributed by atoms with E-state index in [1.165, 1.54) is 31.2 Å². The van der Waals surface area contributed by atoms with Crippen LogP contribution in [0, 0.1) is 11.8 Å². The lowest BCUT2D eigenvalue weighted by Crippen LogP contribution is -2.37. The van der Waals surface area contributed by atoms with Gasteiger partial charge in [0.2, 0.25) is 0 Å². The largest absolute Gasteiger partial charge is 0.302 e. The predicted molar refractivity (Wildman–Crippen MR) is 84.9 cm³/mol. The molecule has 0 spiro atoms. The van der Waals surface area contributed by atoms with Crippen LogP contribution in [0.25, 0.3) is 0 Å². The average molecular weight is 278 g/mol. The predicted octanol–water partition coefficient (Wildman–Crippen LogP) is 3.95. The Morgan fingerprint density at radius 1 is 0.857 bits per heavy atom. The van der Waals surface area contributed by atoms with Gasteiger partial charge in [0, 0.05) is 12.2 Å². The Hall–Kier alpha value is -1.67. The summed E-state index contributed by atoms with van der Waals surface area (Å²) in [6, 6.07) is 17.9. The minimum Gasteiger partial charge on any atom is -0.302 e. The van der Waals surface area contributed by atoms with Crippen LogP contribution in [-0.2, 0) is 0 Å². The first kappa shape index (κ1) is 13.0. The second kappa shape index (κ2) is 5.61. The number of hydrogen-bond acceptors (Lipinski definition) is 2.